The lowest BCUT2D eigenvalue weighted by atomic mass is 10.1. The standard InChI is InChI=1S/C12H20N2OS/c1-2-10-9-14(5-7-16-10)11(8-13)12-4-3-6-15-12/h3-4,6,10-11H,2,5,7-9,13H2,1H3. The minimum atomic E-state index is 0.255. The minimum absolute atomic E-state index is 0.255. The van der Waals surface area contributed by atoms with Crippen molar-refractivity contribution in [2.45, 2.75) is 24.6 Å². The topological polar surface area (TPSA) is 42.4 Å². The van der Waals surface area contributed by atoms with Gasteiger partial charge in [-0.1, -0.05) is 6.92 Å². The number of furan rings is 1. The van der Waals surface area contributed by atoms with Gasteiger partial charge < -0.3 is 10.2 Å². The van der Waals surface area contributed by atoms with Crippen LogP contribution in [0.3, 0.4) is 0 Å². The Morgan fingerprint density at radius 3 is 3.19 bits per heavy atom. The zero-order valence-corrected chi connectivity index (χ0v) is 10.6. The van der Waals surface area contributed by atoms with Crippen LogP contribution in [0.5, 0.6) is 0 Å². The first-order chi connectivity index (χ1) is 7.85. The lowest BCUT2D eigenvalue weighted by Gasteiger charge is -2.36. The second-order valence-electron chi connectivity index (χ2n) is 4.16. The Labute approximate surface area is 101 Å². The summed E-state index contributed by atoms with van der Waals surface area (Å²) in [6.45, 7) is 5.13. The predicted octanol–water partition coefficient (Wildman–Crippen LogP) is 2.11. The molecular formula is C12H20N2OS. The summed E-state index contributed by atoms with van der Waals surface area (Å²) in [4.78, 5) is 2.46. The van der Waals surface area contributed by atoms with E-state index in [1.54, 1.807) is 6.26 Å². The van der Waals surface area contributed by atoms with Crippen molar-refractivity contribution >= 4 is 11.8 Å². The van der Waals surface area contributed by atoms with E-state index in [0.717, 1.165) is 24.1 Å². The van der Waals surface area contributed by atoms with Crippen molar-refractivity contribution in [3.05, 3.63) is 24.2 Å². The molecule has 4 heteroatoms. The van der Waals surface area contributed by atoms with Crippen LogP contribution in [0.25, 0.3) is 0 Å². The maximum Gasteiger partial charge on any atom is 0.122 e. The molecule has 1 aliphatic rings. The van der Waals surface area contributed by atoms with Crippen LogP contribution in [-0.4, -0.2) is 35.5 Å². The van der Waals surface area contributed by atoms with Gasteiger partial charge in [-0.05, 0) is 18.6 Å². The van der Waals surface area contributed by atoms with Gasteiger partial charge in [0.2, 0.25) is 0 Å². The molecule has 0 aromatic carbocycles. The molecule has 90 valence electrons. The molecule has 2 N–H and O–H groups in total. The Kier molecular flexibility index (Phi) is 4.32. The first-order valence-electron chi connectivity index (χ1n) is 5.94. The molecule has 2 atom stereocenters. The maximum atomic E-state index is 5.87. The van der Waals surface area contributed by atoms with E-state index in [4.69, 9.17) is 10.2 Å². The molecule has 2 rings (SSSR count). The normalized spacial score (nSPS) is 24.5. The number of nitrogens with zero attached hydrogens (tertiary/aromatic N) is 1. The smallest absolute Gasteiger partial charge is 0.122 e. The molecule has 0 bridgehead atoms. The van der Waals surface area contributed by atoms with E-state index in [2.05, 4.69) is 23.6 Å². The van der Waals surface area contributed by atoms with E-state index >= 15 is 0 Å². The van der Waals surface area contributed by atoms with Gasteiger partial charge in [-0.25, -0.2) is 0 Å². The van der Waals surface area contributed by atoms with E-state index in [1.165, 1.54) is 12.2 Å². The zero-order chi connectivity index (χ0) is 11.4. The van der Waals surface area contributed by atoms with Gasteiger partial charge in [0.25, 0.3) is 0 Å². The van der Waals surface area contributed by atoms with Crippen molar-refractivity contribution in [2.75, 3.05) is 25.4 Å². The Bertz CT molecular complexity index is 302. The summed E-state index contributed by atoms with van der Waals surface area (Å²) in [6.07, 6.45) is 2.96. The summed E-state index contributed by atoms with van der Waals surface area (Å²) < 4.78 is 5.48. The second kappa shape index (κ2) is 5.75. The molecule has 1 aliphatic heterocycles. The van der Waals surface area contributed by atoms with Crippen LogP contribution in [0.15, 0.2) is 22.8 Å². The molecule has 1 fully saturated rings. The van der Waals surface area contributed by atoms with Crippen molar-refractivity contribution in [2.24, 2.45) is 5.73 Å². The van der Waals surface area contributed by atoms with Gasteiger partial charge in [-0.3, -0.25) is 4.90 Å². The first kappa shape index (κ1) is 12.0. The average Bonchev–Trinajstić information content (AvgIpc) is 2.84. The highest BCUT2D eigenvalue weighted by Crippen LogP contribution is 2.28. The molecule has 16 heavy (non-hydrogen) atoms. The summed E-state index contributed by atoms with van der Waals surface area (Å²) >= 11 is 2.08. The fourth-order valence-corrected chi connectivity index (χ4v) is 3.40. The van der Waals surface area contributed by atoms with E-state index in [9.17, 15) is 0 Å². The Morgan fingerprint density at radius 2 is 2.56 bits per heavy atom. The molecule has 0 spiro atoms. The summed E-state index contributed by atoms with van der Waals surface area (Å²) in [6, 6.07) is 4.22. The largest absolute Gasteiger partial charge is 0.468 e. The quantitative estimate of drug-likeness (QED) is 0.875. The van der Waals surface area contributed by atoms with Crippen LogP contribution >= 0.6 is 11.8 Å². The van der Waals surface area contributed by atoms with Gasteiger partial charge in [0.05, 0.1) is 12.3 Å². The molecular weight excluding hydrogens is 220 g/mol. The van der Waals surface area contributed by atoms with Crippen molar-refractivity contribution in [3.8, 4) is 0 Å². The van der Waals surface area contributed by atoms with Gasteiger partial charge in [0.1, 0.15) is 5.76 Å². The van der Waals surface area contributed by atoms with Crippen molar-refractivity contribution in [3.63, 3.8) is 0 Å². The third kappa shape index (κ3) is 2.62. The van der Waals surface area contributed by atoms with Gasteiger partial charge in [0.15, 0.2) is 0 Å². The van der Waals surface area contributed by atoms with Gasteiger partial charge in [-0.15, -0.1) is 0 Å². The fraction of sp³-hybridized carbons (Fsp3) is 0.667. The summed E-state index contributed by atoms with van der Waals surface area (Å²) in [5.74, 6) is 2.21. The second-order valence-corrected chi connectivity index (χ2v) is 5.57. The molecule has 2 unspecified atom stereocenters. The minimum Gasteiger partial charge on any atom is -0.468 e. The summed E-state index contributed by atoms with van der Waals surface area (Å²) in [5, 5.41) is 0.748. The van der Waals surface area contributed by atoms with Crippen LogP contribution < -0.4 is 5.73 Å². The third-order valence-electron chi connectivity index (χ3n) is 3.16. The van der Waals surface area contributed by atoms with Crippen molar-refractivity contribution in [1.82, 2.24) is 4.90 Å². The summed E-state index contributed by atoms with van der Waals surface area (Å²) in [5.41, 5.74) is 5.87. The first-order valence-corrected chi connectivity index (χ1v) is 6.99. The lowest BCUT2D eigenvalue weighted by molar-refractivity contribution is 0.184. The van der Waals surface area contributed by atoms with Gasteiger partial charge in [-0.2, -0.15) is 11.8 Å². The number of rotatable bonds is 4. The van der Waals surface area contributed by atoms with E-state index in [1.807, 2.05) is 12.1 Å². The number of hydrogen-bond acceptors (Lipinski definition) is 4. The van der Waals surface area contributed by atoms with Crippen molar-refractivity contribution in [1.29, 1.82) is 0 Å². The van der Waals surface area contributed by atoms with Gasteiger partial charge in [0, 0.05) is 30.6 Å². The summed E-state index contributed by atoms with van der Waals surface area (Å²) in [7, 11) is 0. The number of thioether (sulfide) groups is 1. The third-order valence-corrected chi connectivity index (χ3v) is 4.53. The molecule has 1 aromatic rings. The highest BCUT2D eigenvalue weighted by atomic mass is 32.2. The van der Waals surface area contributed by atoms with Crippen molar-refractivity contribution < 1.29 is 4.42 Å². The van der Waals surface area contributed by atoms with Crippen LogP contribution in [-0.2, 0) is 0 Å². The maximum absolute atomic E-state index is 5.87. The molecule has 1 aromatic heterocycles. The van der Waals surface area contributed by atoms with Crippen LogP contribution in [0.1, 0.15) is 25.1 Å². The average molecular weight is 240 g/mol. The van der Waals surface area contributed by atoms with E-state index in [-0.39, 0.29) is 6.04 Å². The van der Waals surface area contributed by atoms with Crippen LogP contribution in [0, 0.1) is 0 Å². The molecule has 0 radical (unpaired) electrons. The number of hydrogen-bond donors (Lipinski definition) is 1. The molecule has 0 saturated carbocycles. The van der Waals surface area contributed by atoms with Crippen LogP contribution in [0.4, 0.5) is 0 Å². The SMILES string of the molecule is CCC1CN(C(CN)c2ccco2)CCS1. The van der Waals surface area contributed by atoms with Gasteiger partial charge >= 0.3 is 0 Å². The molecule has 0 amide bonds. The van der Waals surface area contributed by atoms with Crippen LogP contribution in [0.2, 0.25) is 0 Å². The Balaban J connectivity index is 2.03. The highest BCUT2D eigenvalue weighted by molar-refractivity contribution is 8.00. The highest BCUT2D eigenvalue weighted by Gasteiger charge is 2.26. The predicted molar refractivity (Wildman–Crippen MR) is 68.6 cm³/mol. The zero-order valence-electron chi connectivity index (χ0n) is 9.76. The Hall–Kier alpha value is -0.450. The lowest BCUT2D eigenvalue weighted by Crippen LogP contribution is -2.42. The molecule has 1 saturated heterocycles. The number of nitrogens with two attached hydrogens (primary N) is 1. The molecule has 3 nitrogen and oxygen atoms in total. The molecule has 0 aliphatic carbocycles. The van der Waals surface area contributed by atoms with E-state index in [0.29, 0.717) is 6.54 Å². The van der Waals surface area contributed by atoms with E-state index < -0.39 is 0 Å². The Morgan fingerprint density at radius 1 is 1.69 bits per heavy atom. The fourth-order valence-electron chi connectivity index (χ4n) is 2.20. The molecule has 2 heterocycles. The monoisotopic (exact) mass is 240 g/mol.